The molecule has 3 rings (SSSR count). The molecule has 0 spiro atoms. The van der Waals surface area contributed by atoms with Crippen molar-refractivity contribution in [3.8, 4) is 0 Å². The molecule has 0 fully saturated rings. The zero-order valence-corrected chi connectivity index (χ0v) is 16.5. The van der Waals surface area contributed by atoms with Crippen molar-refractivity contribution in [1.29, 1.82) is 0 Å². The van der Waals surface area contributed by atoms with Crippen molar-refractivity contribution in [2.45, 2.75) is 29.7 Å². The van der Waals surface area contributed by atoms with Gasteiger partial charge in [0.1, 0.15) is 0 Å². The van der Waals surface area contributed by atoms with Gasteiger partial charge in [0.2, 0.25) is 0 Å². The van der Waals surface area contributed by atoms with Crippen LogP contribution in [0, 0.1) is 0 Å². The highest BCUT2D eigenvalue weighted by Gasteiger charge is 2.28. The van der Waals surface area contributed by atoms with E-state index in [2.05, 4.69) is 48.0 Å². The van der Waals surface area contributed by atoms with Crippen LogP contribution in [0.1, 0.15) is 41.5 Å². The zero-order chi connectivity index (χ0) is 17.3. The van der Waals surface area contributed by atoms with Gasteiger partial charge in [0.05, 0.1) is 10.0 Å². The highest BCUT2D eigenvalue weighted by Crippen LogP contribution is 2.43. The van der Waals surface area contributed by atoms with Gasteiger partial charge in [-0.05, 0) is 86.9 Å². The Kier molecular flexibility index (Phi) is 5.78. The molecule has 0 aromatic heterocycles. The number of hydrogen-bond acceptors (Lipinski definition) is 3. The molecule has 128 valence electrons. The quantitative estimate of drug-likeness (QED) is 0.679. The summed E-state index contributed by atoms with van der Waals surface area (Å²) in [5.41, 5.74) is 4.03. The van der Waals surface area contributed by atoms with Gasteiger partial charge in [-0.2, -0.15) is 0 Å². The van der Waals surface area contributed by atoms with E-state index < -0.39 is 0 Å². The van der Waals surface area contributed by atoms with Crippen LogP contribution in [0.3, 0.4) is 0 Å². The van der Waals surface area contributed by atoms with Gasteiger partial charge in [0, 0.05) is 16.9 Å². The number of halogens is 2. The lowest BCUT2D eigenvalue weighted by Crippen LogP contribution is -2.24. The standard InChI is InChI=1S/C19H22Cl2N2S/c1-22-19-9-7-14(12-4-8-17(20)18(21)10-12)15-6-5-13(11-16(15)19)24-23(2)3/h4-6,8,10-11,14,19,22H,7,9H2,1-3H3/t14-,19-/m0/s1. The minimum Gasteiger partial charge on any atom is -0.313 e. The van der Waals surface area contributed by atoms with Crippen LogP contribution in [0.25, 0.3) is 0 Å². The fraction of sp³-hybridized carbons (Fsp3) is 0.368. The van der Waals surface area contributed by atoms with Crippen molar-refractivity contribution in [1.82, 2.24) is 9.62 Å². The lowest BCUT2D eigenvalue weighted by molar-refractivity contribution is 0.470. The van der Waals surface area contributed by atoms with Gasteiger partial charge in [-0.3, -0.25) is 4.31 Å². The van der Waals surface area contributed by atoms with Crippen molar-refractivity contribution in [2.75, 3.05) is 21.1 Å². The first-order valence-corrected chi connectivity index (χ1v) is 9.64. The van der Waals surface area contributed by atoms with Crippen molar-refractivity contribution in [3.63, 3.8) is 0 Å². The Bertz CT molecular complexity index is 733. The topological polar surface area (TPSA) is 15.3 Å². The summed E-state index contributed by atoms with van der Waals surface area (Å²) in [5, 5.41) is 4.71. The Labute approximate surface area is 158 Å². The summed E-state index contributed by atoms with van der Waals surface area (Å²) < 4.78 is 2.12. The maximum atomic E-state index is 6.25. The summed E-state index contributed by atoms with van der Waals surface area (Å²) in [7, 11) is 6.18. The maximum absolute atomic E-state index is 6.25. The third-order valence-electron chi connectivity index (χ3n) is 4.54. The van der Waals surface area contributed by atoms with Crippen LogP contribution in [0.15, 0.2) is 41.3 Å². The number of nitrogens with one attached hydrogen (secondary N) is 1. The van der Waals surface area contributed by atoms with Gasteiger partial charge in [0.15, 0.2) is 0 Å². The molecule has 0 bridgehead atoms. The average molecular weight is 381 g/mol. The fourth-order valence-corrected chi connectivity index (χ4v) is 4.50. The molecule has 1 N–H and O–H groups in total. The molecule has 0 radical (unpaired) electrons. The highest BCUT2D eigenvalue weighted by atomic mass is 35.5. The molecular weight excluding hydrogens is 359 g/mol. The Morgan fingerprint density at radius 3 is 2.46 bits per heavy atom. The summed E-state index contributed by atoms with van der Waals surface area (Å²) >= 11 is 14.1. The molecule has 2 aromatic carbocycles. The SMILES string of the molecule is CN[C@H]1CC[C@@H](c2ccc(Cl)c(Cl)c2)c2ccc(SN(C)C)cc21. The fourth-order valence-electron chi connectivity index (χ4n) is 3.46. The van der Waals surface area contributed by atoms with E-state index in [0.29, 0.717) is 22.0 Å². The first-order chi connectivity index (χ1) is 11.5. The van der Waals surface area contributed by atoms with Crippen LogP contribution in [0.2, 0.25) is 10.0 Å². The van der Waals surface area contributed by atoms with Crippen molar-refractivity contribution in [2.24, 2.45) is 0 Å². The average Bonchev–Trinajstić information content (AvgIpc) is 2.55. The number of benzene rings is 2. The third kappa shape index (κ3) is 3.76. The Morgan fingerprint density at radius 2 is 1.79 bits per heavy atom. The predicted molar refractivity (Wildman–Crippen MR) is 105 cm³/mol. The molecule has 0 saturated heterocycles. The molecule has 0 heterocycles. The van der Waals surface area contributed by atoms with Crippen molar-refractivity contribution in [3.05, 3.63) is 63.1 Å². The summed E-state index contributed by atoms with van der Waals surface area (Å²) in [6.45, 7) is 0. The van der Waals surface area contributed by atoms with Crippen LogP contribution in [0.4, 0.5) is 0 Å². The van der Waals surface area contributed by atoms with Gasteiger partial charge >= 0.3 is 0 Å². The highest BCUT2D eigenvalue weighted by molar-refractivity contribution is 7.97. The monoisotopic (exact) mass is 380 g/mol. The summed E-state index contributed by atoms with van der Waals surface area (Å²) in [6.07, 6.45) is 2.22. The zero-order valence-electron chi connectivity index (χ0n) is 14.1. The van der Waals surface area contributed by atoms with E-state index in [0.717, 1.165) is 12.8 Å². The van der Waals surface area contributed by atoms with Crippen molar-refractivity contribution >= 4 is 35.1 Å². The Morgan fingerprint density at radius 1 is 1.00 bits per heavy atom. The number of nitrogens with zero attached hydrogens (tertiary/aromatic N) is 1. The molecule has 2 aromatic rings. The molecule has 1 aliphatic carbocycles. The van der Waals surface area contributed by atoms with E-state index in [4.69, 9.17) is 23.2 Å². The first-order valence-electron chi connectivity index (χ1n) is 8.11. The lowest BCUT2D eigenvalue weighted by Gasteiger charge is -2.32. The summed E-state index contributed by atoms with van der Waals surface area (Å²) in [5.74, 6) is 0.373. The smallest absolute Gasteiger partial charge is 0.0595 e. The second-order valence-corrected chi connectivity index (χ2v) is 8.54. The van der Waals surface area contributed by atoms with Gasteiger partial charge < -0.3 is 5.32 Å². The lowest BCUT2D eigenvalue weighted by atomic mass is 9.77. The second kappa shape index (κ2) is 7.67. The van der Waals surface area contributed by atoms with Crippen LogP contribution < -0.4 is 5.32 Å². The molecule has 0 amide bonds. The molecule has 0 unspecified atom stereocenters. The molecule has 1 aliphatic rings. The third-order valence-corrected chi connectivity index (χ3v) is 6.10. The molecule has 2 nitrogen and oxygen atoms in total. The largest absolute Gasteiger partial charge is 0.313 e. The van der Waals surface area contributed by atoms with E-state index in [1.165, 1.54) is 21.6 Å². The predicted octanol–water partition coefficient (Wildman–Crippen LogP) is 5.75. The molecule has 5 heteroatoms. The van der Waals surface area contributed by atoms with E-state index >= 15 is 0 Å². The van der Waals surface area contributed by atoms with Crippen molar-refractivity contribution < 1.29 is 0 Å². The van der Waals surface area contributed by atoms with Crippen LogP contribution in [0.5, 0.6) is 0 Å². The van der Waals surface area contributed by atoms with Crippen LogP contribution >= 0.6 is 35.1 Å². The summed E-state index contributed by atoms with van der Waals surface area (Å²) in [6, 6.07) is 13.2. The number of hydrogen-bond donors (Lipinski definition) is 1. The minimum absolute atomic E-state index is 0.373. The number of fused-ring (bicyclic) bond motifs is 1. The van der Waals surface area contributed by atoms with E-state index in [9.17, 15) is 0 Å². The van der Waals surface area contributed by atoms with E-state index in [-0.39, 0.29) is 0 Å². The van der Waals surface area contributed by atoms with E-state index in [1.807, 2.05) is 19.2 Å². The van der Waals surface area contributed by atoms with Gasteiger partial charge in [0.25, 0.3) is 0 Å². The molecule has 0 saturated carbocycles. The van der Waals surface area contributed by atoms with Crippen LogP contribution in [-0.2, 0) is 0 Å². The van der Waals surface area contributed by atoms with E-state index in [1.54, 1.807) is 11.9 Å². The second-order valence-electron chi connectivity index (χ2n) is 6.34. The van der Waals surface area contributed by atoms with Gasteiger partial charge in [-0.25, -0.2) is 0 Å². The Hall–Kier alpha value is -0.710. The molecule has 24 heavy (non-hydrogen) atoms. The maximum Gasteiger partial charge on any atom is 0.0595 e. The molecule has 0 aliphatic heterocycles. The van der Waals surface area contributed by atoms with Gasteiger partial charge in [-0.15, -0.1) is 0 Å². The van der Waals surface area contributed by atoms with Crippen LogP contribution in [-0.4, -0.2) is 25.4 Å². The van der Waals surface area contributed by atoms with Gasteiger partial charge in [-0.1, -0.05) is 35.3 Å². The normalized spacial score (nSPS) is 20.2. The molecular formula is C19H22Cl2N2S. The molecule has 2 atom stereocenters. The Balaban J connectivity index is 2.02. The number of rotatable bonds is 4. The first kappa shape index (κ1) is 18.1. The minimum atomic E-state index is 0.373. The summed E-state index contributed by atoms with van der Waals surface area (Å²) in [4.78, 5) is 1.27.